The van der Waals surface area contributed by atoms with E-state index in [1.807, 2.05) is 24.4 Å². The van der Waals surface area contributed by atoms with Gasteiger partial charge < -0.3 is 0 Å². The van der Waals surface area contributed by atoms with E-state index in [2.05, 4.69) is 120 Å². The Labute approximate surface area is 231 Å². The maximum absolute atomic E-state index is 5.07. The zero-order valence-corrected chi connectivity index (χ0v) is 21.6. The quantitative estimate of drug-likeness (QED) is 0.238. The van der Waals surface area contributed by atoms with E-state index in [0.717, 1.165) is 66.4 Å². The lowest BCUT2D eigenvalue weighted by atomic mass is 9.99. The first-order valence-corrected chi connectivity index (χ1v) is 13.4. The number of benzene rings is 5. The van der Waals surface area contributed by atoms with Gasteiger partial charge in [-0.05, 0) is 64.4 Å². The minimum atomic E-state index is 0.951. The Hall–Kier alpha value is -5.41. The van der Waals surface area contributed by atoms with Crippen LogP contribution in [-0.4, -0.2) is 15.0 Å². The van der Waals surface area contributed by atoms with Gasteiger partial charge in [0, 0.05) is 33.5 Å². The first-order valence-electron chi connectivity index (χ1n) is 13.4. The van der Waals surface area contributed by atoms with Crippen LogP contribution >= 0.6 is 0 Å². The summed E-state index contributed by atoms with van der Waals surface area (Å²) in [5.41, 5.74) is 9.41. The molecule has 0 bridgehead atoms. The highest BCUT2D eigenvalue weighted by atomic mass is 14.7. The summed E-state index contributed by atoms with van der Waals surface area (Å²) in [6.07, 6.45) is 1.83. The third-order valence-corrected chi connectivity index (χ3v) is 7.70. The summed E-state index contributed by atoms with van der Waals surface area (Å²) in [5.74, 6) is 0. The van der Waals surface area contributed by atoms with Gasteiger partial charge in [0.1, 0.15) is 0 Å². The predicted molar refractivity (Wildman–Crippen MR) is 166 cm³/mol. The molecule has 3 aromatic heterocycles. The van der Waals surface area contributed by atoms with E-state index in [1.54, 1.807) is 0 Å². The highest BCUT2D eigenvalue weighted by Gasteiger charge is 2.10. The second-order valence-corrected chi connectivity index (χ2v) is 10.1. The number of fused-ring (bicyclic) bond motifs is 4. The highest BCUT2D eigenvalue weighted by Crippen LogP contribution is 2.32. The van der Waals surface area contributed by atoms with E-state index in [1.165, 1.54) is 10.8 Å². The molecule has 40 heavy (non-hydrogen) atoms. The normalized spacial score (nSPS) is 11.5. The third-order valence-electron chi connectivity index (χ3n) is 7.70. The molecule has 0 saturated carbocycles. The summed E-state index contributed by atoms with van der Waals surface area (Å²) in [7, 11) is 0. The molecule has 0 spiro atoms. The van der Waals surface area contributed by atoms with E-state index >= 15 is 0 Å². The van der Waals surface area contributed by atoms with Crippen LogP contribution in [0.4, 0.5) is 0 Å². The highest BCUT2D eigenvalue weighted by molar-refractivity contribution is 5.98. The first-order chi connectivity index (χ1) is 19.8. The molecule has 0 aliphatic heterocycles. The average Bonchev–Trinajstić information content (AvgIpc) is 3.03. The maximum Gasteiger partial charge on any atom is 0.0716 e. The van der Waals surface area contributed by atoms with Crippen LogP contribution in [0, 0.1) is 0 Å². The zero-order chi connectivity index (χ0) is 26.5. The van der Waals surface area contributed by atoms with Crippen molar-refractivity contribution < 1.29 is 0 Å². The van der Waals surface area contributed by atoms with E-state index in [-0.39, 0.29) is 0 Å². The summed E-state index contributed by atoms with van der Waals surface area (Å²) in [6.45, 7) is 0. The van der Waals surface area contributed by atoms with Crippen LogP contribution in [0.5, 0.6) is 0 Å². The van der Waals surface area contributed by atoms with Gasteiger partial charge in [0.2, 0.25) is 0 Å². The van der Waals surface area contributed by atoms with E-state index in [4.69, 9.17) is 9.97 Å². The van der Waals surface area contributed by atoms with Crippen molar-refractivity contribution in [2.45, 2.75) is 0 Å². The van der Waals surface area contributed by atoms with Crippen LogP contribution < -0.4 is 0 Å². The number of hydrogen-bond donors (Lipinski definition) is 0. The lowest BCUT2D eigenvalue weighted by Crippen LogP contribution is -1.89. The van der Waals surface area contributed by atoms with E-state index in [9.17, 15) is 0 Å². The van der Waals surface area contributed by atoms with Gasteiger partial charge in [-0.1, -0.05) is 91.0 Å². The van der Waals surface area contributed by atoms with Crippen molar-refractivity contribution in [1.82, 2.24) is 15.0 Å². The molecule has 0 atom stereocenters. The Balaban J connectivity index is 1.19. The van der Waals surface area contributed by atoms with E-state index < -0.39 is 0 Å². The molecule has 0 fully saturated rings. The maximum atomic E-state index is 5.07. The molecular formula is C37H23N3. The third kappa shape index (κ3) is 3.79. The fourth-order valence-electron chi connectivity index (χ4n) is 5.68. The minimum absolute atomic E-state index is 0.951. The molecule has 0 aliphatic carbocycles. The Bertz CT molecular complexity index is 2220. The molecule has 8 rings (SSSR count). The van der Waals surface area contributed by atoms with Gasteiger partial charge in [-0.3, -0.25) is 4.98 Å². The monoisotopic (exact) mass is 509 g/mol. The smallest absolute Gasteiger partial charge is 0.0716 e. The van der Waals surface area contributed by atoms with Crippen molar-refractivity contribution in [3.8, 4) is 33.6 Å². The minimum Gasteiger partial charge on any atom is -0.256 e. The number of rotatable bonds is 3. The van der Waals surface area contributed by atoms with Gasteiger partial charge >= 0.3 is 0 Å². The van der Waals surface area contributed by atoms with Crippen LogP contribution in [0.25, 0.3) is 77.1 Å². The Morgan fingerprint density at radius 1 is 0.375 bits per heavy atom. The number of hydrogen-bond acceptors (Lipinski definition) is 3. The molecule has 0 saturated heterocycles. The van der Waals surface area contributed by atoms with Crippen molar-refractivity contribution in [2.75, 3.05) is 0 Å². The van der Waals surface area contributed by atoms with Gasteiger partial charge in [0.25, 0.3) is 0 Å². The van der Waals surface area contributed by atoms with Gasteiger partial charge in [-0.15, -0.1) is 0 Å². The summed E-state index contributed by atoms with van der Waals surface area (Å²) >= 11 is 0. The standard InChI is InChI=1S/C37H23N3/c1-2-8-29-24(6-1)7-3-9-30(29)35-20-17-28-22-26(16-18-33(28)39-35)27-14-13-25-15-19-36(40-37(25)23-27)32-10-4-12-34-31(32)11-5-21-38-34/h1-23H. The summed E-state index contributed by atoms with van der Waals surface area (Å²) in [5, 5.41) is 5.79. The fraction of sp³-hybridized carbons (Fsp3) is 0. The van der Waals surface area contributed by atoms with Crippen LogP contribution in [0.3, 0.4) is 0 Å². The Kier molecular flexibility index (Phi) is 5.14. The predicted octanol–water partition coefficient (Wildman–Crippen LogP) is 9.49. The number of pyridine rings is 3. The second-order valence-electron chi connectivity index (χ2n) is 10.1. The summed E-state index contributed by atoms with van der Waals surface area (Å²) in [6, 6.07) is 46.7. The SMILES string of the molecule is c1ccc2c(-c3ccc4cc(-c5ccc6ccc(-c7cccc8ncccc78)nc6c5)ccc4n3)cccc2c1. The van der Waals surface area contributed by atoms with E-state index in [0.29, 0.717) is 0 Å². The molecule has 0 radical (unpaired) electrons. The summed E-state index contributed by atoms with van der Waals surface area (Å²) < 4.78 is 0. The fourth-order valence-corrected chi connectivity index (χ4v) is 5.68. The van der Waals surface area contributed by atoms with Crippen molar-refractivity contribution in [2.24, 2.45) is 0 Å². The van der Waals surface area contributed by atoms with Crippen molar-refractivity contribution >= 4 is 43.5 Å². The average molecular weight is 510 g/mol. The zero-order valence-electron chi connectivity index (χ0n) is 21.6. The molecule has 186 valence electrons. The van der Waals surface area contributed by atoms with Gasteiger partial charge in [-0.2, -0.15) is 0 Å². The Morgan fingerprint density at radius 2 is 1.05 bits per heavy atom. The molecule has 0 amide bonds. The lowest BCUT2D eigenvalue weighted by Gasteiger charge is -2.10. The molecule has 3 heterocycles. The molecule has 0 aliphatic rings. The topological polar surface area (TPSA) is 38.7 Å². The van der Waals surface area contributed by atoms with Crippen LogP contribution in [0.15, 0.2) is 140 Å². The van der Waals surface area contributed by atoms with Gasteiger partial charge in [-0.25, -0.2) is 9.97 Å². The number of aromatic nitrogens is 3. The van der Waals surface area contributed by atoms with Crippen molar-refractivity contribution in [1.29, 1.82) is 0 Å². The largest absolute Gasteiger partial charge is 0.256 e. The Morgan fingerprint density at radius 3 is 1.98 bits per heavy atom. The van der Waals surface area contributed by atoms with Crippen LogP contribution in [0.1, 0.15) is 0 Å². The van der Waals surface area contributed by atoms with Gasteiger partial charge in [0.05, 0.1) is 27.9 Å². The molecule has 8 aromatic rings. The van der Waals surface area contributed by atoms with Gasteiger partial charge in [0.15, 0.2) is 0 Å². The molecular weight excluding hydrogens is 486 g/mol. The molecule has 3 heteroatoms. The van der Waals surface area contributed by atoms with Crippen molar-refractivity contribution in [3.05, 3.63) is 140 Å². The molecule has 0 unspecified atom stereocenters. The molecule has 5 aromatic carbocycles. The first kappa shape index (κ1) is 22.6. The molecule has 3 nitrogen and oxygen atoms in total. The van der Waals surface area contributed by atoms with Crippen LogP contribution in [0.2, 0.25) is 0 Å². The summed E-state index contributed by atoms with van der Waals surface area (Å²) in [4.78, 5) is 14.6. The second kappa shape index (κ2) is 9.11. The van der Waals surface area contributed by atoms with Crippen molar-refractivity contribution in [3.63, 3.8) is 0 Å². The van der Waals surface area contributed by atoms with Crippen LogP contribution in [-0.2, 0) is 0 Å². The number of nitrogens with zero attached hydrogens (tertiary/aromatic N) is 3. The lowest BCUT2D eigenvalue weighted by molar-refractivity contribution is 1.38. The molecule has 0 N–H and O–H groups in total.